The Morgan fingerprint density at radius 2 is 2.21 bits per heavy atom. The minimum Gasteiger partial charge on any atom is -0.338 e. The predicted octanol–water partition coefficient (Wildman–Crippen LogP) is 3.07. The summed E-state index contributed by atoms with van der Waals surface area (Å²) < 4.78 is 5.20. The first-order valence-corrected chi connectivity index (χ1v) is 7.78. The van der Waals surface area contributed by atoms with Crippen LogP contribution in [0.1, 0.15) is 29.7 Å². The SMILES string of the molecule is CSCC[C@H](N)c1nc(Cc2ccccc2Cl)no1. The van der Waals surface area contributed by atoms with Gasteiger partial charge in [-0.2, -0.15) is 16.7 Å². The number of nitrogens with two attached hydrogens (primary N) is 1. The molecule has 0 bridgehead atoms. The Morgan fingerprint density at radius 1 is 1.42 bits per heavy atom. The highest BCUT2D eigenvalue weighted by Gasteiger charge is 2.15. The molecule has 0 fully saturated rings. The van der Waals surface area contributed by atoms with E-state index in [0.29, 0.717) is 23.2 Å². The zero-order chi connectivity index (χ0) is 13.7. The summed E-state index contributed by atoms with van der Waals surface area (Å²) in [5, 5.41) is 4.66. The van der Waals surface area contributed by atoms with Crippen LogP contribution in [0.25, 0.3) is 0 Å². The summed E-state index contributed by atoms with van der Waals surface area (Å²) in [6, 6.07) is 7.44. The van der Waals surface area contributed by atoms with Gasteiger partial charge in [0.05, 0.1) is 6.04 Å². The monoisotopic (exact) mass is 297 g/mol. The second kappa shape index (κ2) is 6.93. The lowest BCUT2D eigenvalue weighted by atomic mass is 10.1. The predicted molar refractivity (Wildman–Crippen MR) is 78.5 cm³/mol. The highest BCUT2D eigenvalue weighted by molar-refractivity contribution is 7.98. The molecule has 2 N–H and O–H groups in total. The largest absolute Gasteiger partial charge is 0.338 e. The molecule has 0 amide bonds. The summed E-state index contributed by atoms with van der Waals surface area (Å²) in [6.45, 7) is 0. The second-order valence-corrected chi connectivity index (χ2v) is 5.60. The fraction of sp³-hybridized carbons (Fsp3) is 0.385. The van der Waals surface area contributed by atoms with Gasteiger partial charge in [0.25, 0.3) is 0 Å². The summed E-state index contributed by atoms with van der Waals surface area (Å²) >= 11 is 7.85. The van der Waals surface area contributed by atoms with Gasteiger partial charge < -0.3 is 10.3 Å². The van der Waals surface area contributed by atoms with Crippen molar-refractivity contribution in [2.75, 3.05) is 12.0 Å². The van der Waals surface area contributed by atoms with E-state index >= 15 is 0 Å². The summed E-state index contributed by atoms with van der Waals surface area (Å²) in [5.41, 5.74) is 6.96. The van der Waals surface area contributed by atoms with E-state index in [9.17, 15) is 0 Å². The third-order valence-corrected chi connectivity index (χ3v) is 3.75. The van der Waals surface area contributed by atoms with Crippen molar-refractivity contribution in [1.29, 1.82) is 0 Å². The molecule has 19 heavy (non-hydrogen) atoms. The van der Waals surface area contributed by atoms with Crippen molar-refractivity contribution in [3.63, 3.8) is 0 Å². The van der Waals surface area contributed by atoms with Crippen molar-refractivity contribution in [3.05, 3.63) is 46.6 Å². The lowest BCUT2D eigenvalue weighted by Crippen LogP contribution is -2.11. The number of aromatic nitrogens is 2. The molecule has 1 heterocycles. The summed E-state index contributed by atoms with van der Waals surface area (Å²) in [5.74, 6) is 2.09. The number of nitrogens with zero attached hydrogens (tertiary/aromatic N) is 2. The van der Waals surface area contributed by atoms with E-state index < -0.39 is 0 Å². The Labute approximate surface area is 121 Å². The Morgan fingerprint density at radius 3 is 2.95 bits per heavy atom. The number of hydrogen-bond donors (Lipinski definition) is 1. The highest BCUT2D eigenvalue weighted by atomic mass is 35.5. The molecule has 0 aliphatic heterocycles. The average molecular weight is 298 g/mol. The minimum atomic E-state index is -0.194. The van der Waals surface area contributed by atoms with Gasteiger partial charge in [0, 0.05) is 11.4 Å². The third kappa shape index (κ3) is 3.96. The van der Waals surface area contributed by atoms with Gasteiger partial charge in [-0.05, 0) is 30.1 Å². The number of hydrogen-bond acceptors (Lipinski definition) is 5. The van der Waals surface area contributed by atoms with Crippen LogP contribution in [0.3, 0.4) is 0 Å². The molecule has 102 valence electrons. The Hall–Kier alpha value is -1.04. The molecule has 0 unspecified atom stereocenters. The molecular formula is C13H16ClN3OS. The first kappa shape index (κ1) is 14.4. The molecule has 0 radical (unpaired) electrons. The zero-order valence-electron chi connectivity index (χ0n) is 10.7. The van der Waals surface area contributed by atoms with E-state index in [-0.39, 0.29) is 6.04 Å². The van der Waals surface area contributed by atoms with Gasteiger partial charge in [0.15, 0.2) is 5.82 Å². The third-order valence-electron chi connectivity index (χ3n) is 2.74. The molecule has 6 heteroatoms. The number of rotatable bonds is 6. The number of thioether (sulfide) groups is 1. The van der Waals surface area contributed by atoms with E-state index in [1.807, 2.05) is 30.5 Å². The normalized spacial score (nSPS) is 12.6. The topological polar surface area (TPSA) is 64.9 Å². The standard InChI is InChI=1S/C13H16ClN3OS/c1-19-7-6-11(15)13-16-12(17-18-13)8-9-4-2-3-5-10(9)14/h2-5,11H,6-8,15H2,1H3/t11-/m0/s1. The first-order valence-electron chi connectivity index (χ1n) is 6.01. The maximum absolute atomic E-state index is 6.10. The van der Waals surface area contributed by atoms with Crippen molar-refractivity contribution in [1.82, 2.24) is 10.1 Å². The van der Waals surface area contributed by atoms with Crippen LogP contribution in [0.2, 0.25) is 5.02 Å². The fourth-order valence-corrected chi connectivity index (χ4v) is 2.36. The Kier molecular flexibility index (Phi) is 5.24. The van der Waals surface area contributed by atoms with Crippen LogP contribution in [-0.4, -0.2) is 22.1 Å². The zero-order valence-corrected chi connectivity index (χ0v) is 12.2. The first-order chi connectivity index (χ1) is 9.20. The molecule has 0 saturated carbocycles. The highest BCUT2D eigenvalue weighted by Crippen LogP contribution is 2.19. The molecule has 0 spiro atoms. The van der Waals surface area contributed by atoms with Crippen molar-refractivity contribution < 1.29 is 4.52 Å². The van der Waals surface area contributed by atoms with Crippen molar-refractivity contribution in [2.45, 2.75) is 18.9 Å². The van der Waals surface area contributed by atoms with Crippen molar-refractivity contribution >= 4 is 23.4 Å². The molecular weight excluding hydrogens is 282 g/mol. The molecule has 0 aliphatic rings. The smallest absolute Gasteiger partial charge is 0.243 e. The van der Waals surface area contributed by atoms with Crippen LogP contribution in [0.15, 0.2) is 28.8 Å². The van der Waals surface area contributed by atoms with Crippen LogP contribution in [-0.2, 0) is 6.42 Å². The maximum atomic E-state index is 6.10. The van der Waals surface area contributed by atoms with E-state index in [1.54, 1.807) is 11.8 Å². The summed E-state index contributed by atoms with van der Waals surface area (Å²) in [7, 11) is 0. The van der Waals surface area contributed by atoms with Gasteiger partial charge in [-0.3, -0.25) is 0 Å². The molecule has 2 rings (SSSR count). The van der Waals surface area contributed by atoms with E-state index in [0.717, 1.165) is 17.7 Å². The molecule has 1 aromatic carbocycles. The number of benzene rings is 1. The fourth-order valence-electron chi connectivity index (χ4n) is 1.67. The Balaban J connectivity index is 2.03. The van der Waals surface area contributed by atoms with Crippen LogP contribution >= 0.6 is 23.4 Å². The minimum absolute atomic E-state index is 0.194. The van der Waals surface area contributed by atoms with Gasteiger partial charge in [0.1, 0.15) is 0 Å². The molecule has 4 nitrogen and oxygen atoms in total. The maximum Gasteiger partial charge on any atom is 0.243 e. The van der Waals surface area contributed by atoms with Crippen LogP contribution in [0.5, 0.6) is 0 Å². The van der Waals surface area contributed by atoms with Crippen LogP contribution in [0, 0.1) is 0 Å². The van der Waals surface area contributed by atoms with Gasteiger partial charge in [-0.1, -0.05) is 35.0 Å². The summed E-state index contributed by atoms with van der Waals surface area (Å²) in [6.07, 6.45) is 3.43. The van der Waals surface area contributed by atoms with Gasteiger partial charge in [-0.25, -0.2) is 0 Å². The second-order valence-electron chi connectivity index (χ2n) is 4.20. The van der Waals surface area contributed by atoms with E-state index in [1.165, 1.54) is 0 Å². The van der Waals surface area contributed by atoms with E-state index in [4.69, 9.17) is 21.9 Å². The lowest BCUT2D eigenvalue weighted by molar-refractivity contribution is 0.349. The molecule has 2 aromatic rings. The van der Waals surface area contributed by atoms with Crippen LogP contribution < -0.4 is 5.73 Å². The van der Waals surface area contributed by atoms with E-state index in [2.05, 4.69) is 10.1 Å². The molecule has 1 aromatic heterocycles. The molecule has 0 saturated heterocycles. The lowest BCUT2D eigenvalue weighted by Gasteiger charge is -2.03. The molecule has 1 atom stereocenters. The Bertz CT molecular complexity index is 532. The average Bonchev–Trinajstić information content (AvgIpc) is 2.87. The van der Waals surface area contributed by atoms with Crippen molar-refractivity contribution in [3.8, 4) is 0 Å². The summed E-state index contributed by atoms with van der Waals surface area (Å²) in [4.78, 5) is 4.33. The van der Waals surface area contributed by atoms with Gasteiger partial charge in [-0.15, -0.1) is 0 Å². The van der Waals surface area contributed by atoms with Crippen molar-refractivity contribution in [2.24, 2.45) is 5.73 Å². The quantitative estimate of drug-likeness (QED) is 0.887. The molecule has 0 aliphatic carbocycles. The number of halogens is 1. The van der Waals surface area contributed by atoms with Gasteiger partial charge in [0.2, 0.25) is 5.89 Å². The van der Waals surface area contributed by atoms with Gasteiger partial charge >= 0.3 is 0 Å². The van der Waals surface area contributed by atoms with Crippen LogP contribution in [0.4, 0.5) is 0 Å².